The minimum absolute atomic E-state index is 0.246. The number of halogens is 1. The second kappa shape index (κ2) is 6.95. The van der Waals surface area contributed by atoms with Crippen LogP contribution in [0.3, 0.4) is 0 Å². The molecule has 0 radical (unpaired) electrons. The second-order valence-electron chi connectivity index (χ2n) is 6.52. The molecule has 0 saturated carbocycles. The molecular weight excluding hydrogens is 284 g/mol. The quantitative estimate of drug-likeness (QED) is 0.926. The molecule has 0 aliphatic carbocycles. The van der Waals surface area contributed by atoms with E-state index in [1.165, 1.54) is 0 Å². The van der Waals surface area contributed by atoms with Gasteiger partial charge in [-0.1, -0.05) is 18.5 Å². The summed E-state index contributed by atoms with van der Waals surface area (Å²) in [6.07, 6.45) is 0. The molecular formula is C16H27ClN4. The number of aromatic nitrogens is 1. The van der Waals surface area contributed by atoms with Crippen LogP contribution >= 0.6 is 11.6 Å². The molecule has 2 heterocycles. The van der Waals surface area contributed by atoms with Gasteiger partial charge in [0.05, 0.1) is 10.7 Å². The summed E-state index contributed by atoms with van der Waals surface area (Å²) >= 11 is 6.22. The summed E-state index contributed by atoms with van der Waals surface area (Å²) in [7, 11) is 0. The zero-order chi connectivity index (χ0) is 15.5. The van der Waals surface area contributed by atoms with Gasteiger partial charge in [0.1, 0.15) is 5.82 Å². The van der Waals surface area contributed by atoms with Gasteiger partial charge in [0.2, 0.25) is 0 Å². The standard InChI is InChI=1S/C16H27ClN4/c1-5-18-12-14-13(17)6-7-15(19-14)20-8-10-21(11-9-20)16(2,3)4/h6-7,18H,5,8-12H2,1-4H3. The predicted octanol–water partition coefficient (Wildman–Crippen LogP) is 2.77. The van der Waals surface area contributed by atoms with Crippen LogP contribution in [-0.2, 0) is 6.54 Å². The van der Waals surface area contributed by atoms with E-state index in [0.29, 0.717) is 0 Å². The Bertz CT molecular complexity index is 462. The number of hydrogen-bond donors (Lipinski definition) is 1. The number of hydrogen-bond acceptors (Lipinski definition) is 4. The molecule has 5 heteroatoms. The Morgan fingerprint density at radius 2 is 1.86 bits per heavy atom. The number of rotatable bonds is 4. The van der Waals surface area contributed by atoms with Gasteiger partial charge in [0.25, 0.3) is 0 Å². The molecule has 118 valence electrons. The van der Waals surface area contributed by atoms with E-state index >= 15 is 0 Å². The lowest BCUT2D eigenvalue weighted by Crippen LogP contribution is -2.53. The van der Waals surface area contributed by atoms with Crippen LogP contribution in [0.25, 0.3) is 0 Å². The summed E-state index contributed by atoms with van der Waals surface area (Å²) in [5, 5.41) is 4.03. The maximum Gasteiger partial charge on any atom is 0.129 e. The van der Waals surface area contributed by atoms with Crippen LogP contribution in [0.5, 0.6) is 0 Å². The third-order valence-corrected chi connectivity index (χ3v) is 4.34. The zero-order valence-electron chi connectivity index (χ0n) is 13.6. The van der Waals surface area contributed by atoms with Crippen molar-refractivity contribution >= 4 is 17.4 Å². The normalized spacial score (nSPS) is 17.3. The highest BCUT2D eigenvalue weighted by molar-refractivity contribution is 6.31. The summed E-state index contributed by atoms with van der Waals surface area (Å²) in [5.41, 5.74) is 1.18. The van der Waals surface area contributed by atoms with Crippen LogP contribution in [0.15, 0.2) is 12.1 Å². The minimum Gasteiger partial charge on any atom is -0.354 e. The van der Waals surface area contributed by atoms with Crippen molar-refractivity contribution in [3.8, 4) is 0 Å². The van der Waals surface area contributed by atoms with Crippen LogP contribution in [0.2, 0.25) is 5.02 Å². The molecule has 2 rings (SSSR count). The number of anilines is 1. The molecule has 0 atom stereocenters. The van der Waals surface area contributed by atoms with Crippen molar-refractivity contribution in [1.82, 2.24) is 15.2 Å². The molecule has 0 aromatic carbocycles. The van der Waals surface area contributed by atoms with Crippen LogP contribution < -0.4 is 10.2 Å². The fraction of sp³-hybridized carbons (Fsp3) is 0.688. The van der Waals surface area contributed by atoms with E-state index in [9.17, 15) is 0 Å². The molecule has 1 aromatic rings. The molecule has 1 saturated heterocycles. The largest absolute Gasteiger partial charge is 0.354 e. The third kappa shape index (κ3) is 4.31. The van der Waals surface area contributed by atoms with Crippen molar-refractivity contribution in [3.63, 3.8) is 0 Å². The van der Waals surface area contributed by atoms with Gasteiger partial charge in [0.15, 0.2) is 0 Å². The molecule has 1 N–H and O–H groups in total. The molecule has 1 aliphatic rings. The number of pyridine rings is 1. The van der Waals surface area contributed by atoms with Crippen LogP contribution in [-0.4, -0.2) is 48.1 Å². The fourth-order valence-corrected chi connectivity index (χ4v) is 2.79. The molecule has 0 amide bonds. The Hall–Kier alpha value is -0.840. The fourth-order valence-electron chi connectivity index (χ4n) is 2.62. The first-order valence-corrected chi connectivity index (χ1v) is 8.15. The highest BCUT2D eigenvalue weighted by atomic mass is 35.5. The van der Waals surface area contributed by atoms with Crippen molar-refractivity contribution in [1.29, 1.82) is 0 Å². The first-order chi connectivity index (χ1) is 9.91. The SMILES string of the molecule is CCNCc1nc(N2CCN(C(C)(C)C)CC2)ccc1Cl. The highest BCUT2D eigenvalue weighted by Gasteiger charge is 2.26. The van der Waals surface area contributed by atoms with Gasteiger partial charge in [-0.05, 0) is 39.4 Å². The summed E-state index contributed by atoms with van der Waals surface area (Å²) in [6.45, 7) is 14.8. The smallest absolute Gasteiger partial charge is 0.129 e. The molecule has 4 nitrogen and oxygen atoms in total. The molecule has 1 aromatic heterocycles. The van der Waals surface area contributed by atoms with Gasteiger partial charge in [-0.2, -0.15) is 0 Å². The predicted molar refractivity (Wildman–Crippen MR) is 90.2 cm³/mol. The van der Waals surface area contributed by atoms with E-state index in [1.807, 2.05) is 12.1 Å². The summed E-state index contributed by atoms with van der Waals surface area (Å²) < 4.78 is 0. The van der Waals surface area contributed by atoms with E-state index < -0.39 is 0 Å². The van der Waals surface area contributed by atoms with E-state index in [-0.39, 0.29) is 5.54 Å². The van der Waals surface area contributed by atoms with Gasteiger partial charge in [-0.25, -0.2) is 4.98 Å². The average molecular weight is 311 g/mol. The molecule has 1 aliphatic heterocycles. The summed E-state index contributed by atoms with van der Waals surface area (Å²) in [6, 6.07) is 4.00. The van der Waals surface area contributed by atoms with E-state index in [1.54, 1.807) is 0 Å². The Morgan fingerprint density at radius 1 is 1.19 bits per heavy atom. The summed E-state index contributed by atoms with van der Waals surface area (Å²) in [5.74, 6) is 1.04. The first-order valence-electron chi connectivity index (χ1n) is 7.78. The number of piperazine rings is 1. The lowest BCUT2D eigenvalue weighted by molar-refractivity contribution is 0.128. The van der Waals surface area contributed by atoms with Crippen molar-refractivity contribution in [3.05, 3.63) is 22.8 Å². The average Bonchev–Trinajstić information content (AvgIpc) is 2.46. The maximum absolute atomic E-state index is 6.22. The summed E-state index contributed by atoms with van der Waals surface area (Å²) in [4.78, 5) is 9.62. The van der Waals surface area contributed by atoms with Crippen molar-refractivity contribution < 1.29 is 0 Å². The molecule has 21 heavy (non-hydrogen) atoms. The molecule has 0 unspecified atom stereocenters. The topological polar surface area (TPSA) is 31.4 Å². The zero-order valence-corrected chi connectivity index (χ0v) is 14.4. The monoisotopic (exact) mass is 310 g/mol. The maximum atomic E-state index is 6.22. The van der Waals surface area contributed by atoms with Crippen LogP contribution in [0.1, 0.15) is 33.4 Å². The molecule has 0 bridgehead atoms. The first kappa shape index (κ1) is 16.5. The van der Waals surface area contributed by atoms with E-state index in [2.05, 4.69) is 42.8 Å². The third-order valence-electron chi connectivity index (χ3n) is 4.00. The Labute approximate surface area is 133 Å². The Balaban J connectivity index is 2.03. The van der Waals surface area contributed by atoms with Gasteiger partial charge in [0, 0.05) is 38.3 Å². The van der Waals surface area contributed by atoms with Crippen LogP contribution in [0, 0.1) is 0 Å². The lowest BCUT2D eigenvalue weighted by Gasteiger charge is -2.42. The van der Waals surface area contributed by atoms with E-state index in [4.69, 9.17) is 16.6 Å². The van der Waals surface area contributed by atoms with Crippen molar-refractivity contribution in [2.75, 3.05) is 37.6 Å². The number of nitrogens with zero attached hydrogens (tertiary/aromatic N) is 3. The van der Waals surface area contributed by atoms with Gasteiger partial charge >= 0.3 is 0 Å². The van der Waals surface area contributed by atoms with Crippen molar-refractivity contribution in [2.45, 2.75) is 39.8 Å². The van der Waals surface area contributed by atoms with E-state index in [0.717, 1.165) is 55.8 Å². The lowest BCUT2D eigenvalue weighted by atomic mass is 10.1. The highest BCUT2D eigenvalue weighted by Crippen LogP contribution is 2.22. The number of nitrogens with one attached hydrogen (secondary N) is 1. The minimum atomic E-state index is 0.246. The Morgan fingerprint density at radius 3 is 2.43 bits per heavy atom. The van der Waals surface area contributed by atoms with Gasteiger partial charge in [-0.3, -0.25) is 4.90 Å². The molecule has 0 spiro atoms. The van der Waals surface area contributed by atoms with Gasteiger partial charge < -0.3 is 10.2 Å². The van der Waals surface area contributed by atoms with Crippen LogP contribution in [0.4, 0.5) is 5.82 Å². The second-order valence-corrected chi connectivity index (χ2v) is 6.93. The van der Waals surface area contributed by atoms with Crippen molar-refractivity contribution in [2.24, 2.45) is 0 Å². The molecule has 1 fully saturated rings. The Kier molecular flexibility index (Phi) is 5.47. The van der Waals surface area contributed by atoms with Gasteiger partial charge in [-0.15, -0.1) is 0 Å².